The van der Waals surface area contributed by atoms with Crippen LogP contribution in [-0.2, 0) is 0 Å². The number of aliphatic hydroxyl groups excluding tert-OH is 1. The van der Waals surface area contributed by atoms with Crippen LogP contribution in [0.25, 0.3) is 0 Å². The molecule has 0 bridgehead atoms. The Morgan fingerprint density at radius 2 is 1.55 bits per heavy atom. The van der Waals surface area contributed by atoms with Crippen molar-refractivity contribution in [2.75, 3.05) is 0 Å². The summed E-state index contributed by atoms with van der Waals surface area (Å²) in [6, 6.07) is 0. The Balaban J connectivity index is 1.56. The van der Waals surface area contributed by atoms with Gasteiger partial charge in [-0.3, -0.25) is 0 Å². The quantitative estimate of drug-likeness (QED) is 0.416. The molecule has 186 valence electrons. The van der Waals surface area contributed by atoms with E-state index in [1.54, 1.807) is 0 Å². The summed E-state index contributed by atoms with van der Waals surface area (Å²) in [7, 11) is 0. The molecule has 0 saturated heterocycles. The molecular weight excluding hydrogens is 400 g/mol. The van der Waals surface area contributed by atoms with Crippen LogP contribution < -0.4 is 0 Å². The molecule has 0 heterocycles. The summed E-state index contributed by atoms with van der Waals surface area (Å²) >= 11 is 0. The number of allylic oxidation sites excluding steroid dienone is 3. The average molecular weight is 453 g/mol. The van der Waals surface area contributed by atoms with Crippen LogP contribution in [0, 0.1) is 56.7 Å². The predicted molar refractivity (Wildman–Crippen MR) is 140 cm³/mol. The molecule has 5 rings (SSSR count). The summed E-state index contributed by atoms with van der Waals surface area (Å²) in [4.78, 5) is 0. The minimum absolute atomic E-state index is 0.0518. The van der Waals surface area contributed by atoms with Crippen LogP contribution >= 0.6 is 0 Å². The lowest BCUT2D eigenvalue weighted by atomic mass is 9.32. The van der Waals surface area contributed by atoms with E-state index in [0.29, 0.717) is 33.5 Å². The summed E-state index contributed by atoms with van der Waals surface area (Å²) in [6.45, 7) is 21.9. The molecule has 4 unspecified atom stereocenters. The number of hydrogen-bond acceptors (Lipinski definition) is 1. The van der Waals surface area contributed by atoms with E-state index in [0.717, 1.165) is 24.2 Å². The molecule has 0 aromatic heterocycles. The van der Waals surface area contributed by atoms with Crippen molar-refractivity contribution in [3.05, 3.63) is 24.3 Å². The largest absolute Gasteiger partial charge is 0.393 e. The van der Waals surface area contributed by atoms with Crippen molar-refractivity contribution in [1.82, 2.24) is 0 Å². The number of fused-ring (bicyclic) bond motifs is 7. The maximum atomic E-state index is 10.9. The lowest BCUT2D eigenvalue weighted by molar-refractivity contribution is -0.244. The third kappa shape index (κ3) is 2.93. The highest BCUT2D eigenvalue weighted by atomic mass is 16.3. The van der Waals surface area contributed by atoms with Crippen molar-refractivity contribution >= 4 is 0 Å². The van der Waals surface area contributed by atoms with Gasteiger partial charge in [0.2, 0.25) is 0 Å². The van der Waals surface area contributed by atoms with E-state index in [-0.39, 0.29) is 11.5 Å². The van der Waals surface area contributed by atoms with E-state index >= 15 is 0 Å². The van der Waals surface area contributed by atoms with Gasteiger partial charge in [-0.1, -0.05) is 58.9 Å². The van der Waals surface area contributed by atoms with Crippen LogP contribution in [0.1, 0.15) is 113 Å². The van der Waals surface area contributed by atoms with Gasteiger partial charge < -0.3 is 5.11 Å². The van der Waals surface area contributed by atoms with Gasteiger partial charge in [0.1, 0.15) is 0 Å². The average Bonchev–Trinajstić information content (AvgIpc) is 3.12. The van der Waals surface area contributed by atoms with E-state index < -0.39 is 0 Å². The normalized spacial score (nSPS) is 55.4. The molecule has 0 aromatic rings. The van der Waals surface area contributed by atoms with Crippen LogP contribution in [0.15, 0.2) is 24.3 Å². The second kappa shape index (κ2) is 7.47. The van der Waals surface area contributed by atoms with Crippen molar-refractivity contribution in [1.29, 1.82) is 0 Å². The molecule has 0 aliphatic heterocycles. The Morgan fingerprint density at radius 3 is 2.21 bits per heavy atom. The first-order valence-electron chi connectivity index (χ1n) is 14.3. The summed E-state index contributed by atoms with van der Waals surface area (Å²) in [5, 5.41) is 10.9. The molecule has 0 radical (unpaired) electrons. The first-order valence-corrected chi connectivity index (χ1v) is 14.3. The molecule has 1 N–H and O–H groups in total. The molecule has 10 atom stereocenters. The van der Waals surface area contributed by atoms with Crippen LogP contribution in [-0.4, -0.2) is 11.2 Å². The first-order chi connectivity index (χ1) is 15.4. The van der Waals surface area contributed by atoms with Crippen LogP contribution in [0.2, 0.25) is 0 Å². The second-order valence-electron chi connectivity index (χ2n) is 14.8. The van der Waals surface area contributed by atoms with Gasteiger partial charge in [0.25, 0.3) is 0 Å². The van der Waals surface area contributed by atoms with Crippen molar-refractivity contribution in [3.8, 4) is 0 Å². The summed E-state index contributed by atoms with van der Waals surface area (Å²) in [5.41, 5.74) is 3.15. The van der Waals surface area contributed by atoms with Crippen LogP contribution in [0.4, 0.5) is 0 Å². The van der Waals surface area contributed by atoms with Gasteiger partial charge >= 0.3 is 0 Å². The molecule has 1 heteroatoms. The third-order valence-corrected chi connectivity index (χ3v) is 13.6. The SMILES string of the molecule is C=C(C)[C@@H]1CC[C@]2(/C=C/C)CC[C@]3(C)C(CCC4[C@@]5(C)CC[C@@H](O)C(C)(C)C5CC[C@]43C)C12. The zero-order valence-electron chi connectivity index (χ0n) is 22.8. The highest BCUT2D eigenvalue weighted by Crippen LogP contribution is 2.77. The van der Waals surface area contributed by atoms with Crippen molar-refractivity contribution in [2.24, 2.45) is 56.7 Å². The second-order valence-corrected chi connectivity index (χ2v) is 14.8. The number of aliphatic hydroxyl groups is 1. The fourth-order valence-electron chi connectivity index (χ4n) is 11.8. The van der Waals surface area contributed by atoms with Crippen LogP contribution in [0.5, 0.6) is 0 Å². The Bertz CT molecular complexity index is 837. The van der Waals surface area contributed by atoms with E-state index in [1.807, 2.05) is 0 Å². The standard InChI is InChI=1S/C32H52O/c1-9-15-32-18-12-22(21(2)3)27(32)23-10-11-25-29(6)16-14-26(33)28(4,5)24(29)13-17-31(25,8)30(23,7)19-20-32/h9,15,22-27,33H,2,10-14,16-20H2,1,3-8H3/b15-9+/t22-,23?,24?,25?,26+,27?,29-,30+,31+,32+/m0/s1. The van der Waals surface area contributed by atoms with Crippen molar-refractivity contribution in [2.45, 2.75) is 119 Å². The minimum atomic E-state index is -0.127. The summed E-state index contributed by atoms with van der Waals surface area (Å²) in [6.07, 6.45) is 18.1. The van der Waals surface area contributed by atoms with Gasteiger partial charge in [0.05, 0.1) is 6.10 Å². The Labute approximate surface area is 204 Å². The molecular formula is C32H52O. The molecule has 5 saturated carbocycles. The van der Waals surface area contributed by atoms with Gasteiger partial charge in [0, 0.05) is 0 Å². The van der Waals surface area contributed by atoms with Crippen molar-refractivity contribution in [3.63, 3.8) is 0 Å². The highest BCUT2D eigenvalue weighted by molar-refractivity contribution is 5.24. The molecule has 5 fully saturated rings. The molecule has 5 aliphatic rings. The van der Waals surface area contributed by atoms with E-state index in [4.69, 9.17) is 0 Å². The smallest absolute Gasteiger partial charge is 0.0594 e. The third-order valence-electron chi connectivity index (χ3n) is 13.6. The fourth-order valence-corrected chi connectivity index (χ4v) is 11.8. The molecule has 5 aliphatic carbocycles. The zero-order chi connectivity index (χ0) is 24.0. The Hall–Kier alpha value is -0.560. The Morgan fingerprint density at radius 1 is 0.818 bits per heavy atom. The van der Waals surface area contributed by atoms with Crippen LogP contribution in [0.3, 0.4) is 0 Å². The highest BCUT2D eigenvalue weighted by Gasteiger charge is 2.70. The van der Waals surface area contributed by atoms with E-state index in [1.165, 1.54) is 63.4 Å². The summed E-state index contributed by atoms with van der Waals surface area (Å²) < 4.78 is 0. The van der Waals surface area contributed by atoms with Gasteiger partial charge in [-0.25, -0.2) is 0 Å². The maximum Gasteiger partial charge on any atom is 0.0594 e. The zero-order valence-corrected chi connectivity index (χ0v) is 22.8. The summed E-state index contributed by atoms with van der Waals surface area (Å²) in [5.74, 6) is 3.79. The fraction of sp³-hybridized carbons (Fsp3) is 0.875. The maximum absolute atomic E-state index is 10.9. The molecule has 1 nitrogen and oxygen atoms in total. The van der Waals surface area contributed by atoms with E-state index in [9.17, 15) is 5.11 Å². The van der Waals surface area contributed by atoms with Gasteiger partial charge in [0.15, 0.2) is 0 Å². The van der Waals surface area contributed by atoms with Gasteiger partial charge in [-0.15, -0.1) is 0 Å². The number of rotatable bonds is 2. The molecule has 0 spiro atoms. The lowest BCUT2D eigenvalue weighted by Gasteiger charge is -2.73. The first kappa shape index (κ1) is 24.1. The minimum Gasteiger partial charge on any atom is -0.393 e. The Kier molecular flexibility index (Phi) is 5.47. The predicted octanol–water partition coefficient (Wildman–Crippen LogP) is 8.58. The van der Waals surface area contributed by atoms with E-state index in [2.05, 4.69) is 67.2 Å². The molecule has 0 amide bonds. The lowest BCUT2D eigenvalue weighted by Crippen LogP contribution is -2.66. The van der Waals surface area contributed by atoms with Gasteiger partial charge in [-0.05, 0) is 135 Å². The van der Waals surface area contributed by atoms with Gasteiger partial charge in [-0.2, -0.15) is 0 Å². The molecule has 33 heavy (non-hydrogen) atoms. The van der Waals surface area contributed by atoms with Crippen molar-refractivity contribution < 1.29 is 5.11 Å². The topological polar surface area (TPSA) is 20.2 Å². The number of hydrogen-bond donors (Lipinski definition) is 1. The monoisotopic (exact) mass is 452 g/mol. The molecule has 0 aromatic carbocycles.